The molecule has 2 heteroatoms. The van der Waals surface area contributed by atoms with Crippen LogP contribution in [0.2, 0.25) is 0 Å². The van der Waals surface area contributed by atoms with E-state index in [-0.39, 0.29) is 6.04 Å². The van der Waals surface area contributed by atoms with Crippen LogP contribution in [0.15, 0.2) is 0 Å². The quantitative estimate of drug-likeness (QED) is 0.628. The molecule has 0 aromatic carbocycles. The molecule has 1 fully saturated rings. The molecule has 0 aromatic rings. The van der Waals surface area contributed by atoms with Crippen molar-refractivity contribution in [3.8, 4) is 0 Å². The van der Waals surface area contributed by atoms with Crippen LogP contribution in [-0.2, 0) is 4.79 Å². The lowest BCUT2D eigenvalue weighted by Crippen LogP contribution is -2.43. The number of ketones is 1. The maximum Gasteiger partial charge on any atom is 0.146 e. The molecule has 2 atom stereocenters. The summed E-state index contributed by atoms with van der Waals surface area (Å²) in [6.45, 7) is 8.25. The number of Topliss-reactive ketones (excluding diaryl/α,β-unsaturated/α-hetero) is 1. The van der Waals surface area contributed by atoms with Crippen molar-refractivity contribution < 1.29 is 4.79 Å². The molecule has 1 heterocycles. The minimum absolute atomic E-state index is 0.194. The minimum atomic E-state index is 0.194. The van der Waals surface area contributed by atoms with Crippen molar-refractivity contribution in [2.75, 3.05) is 0 Å². The van der Waals surface area contributed by atoms with Crippen LogP contribution in [0.1, 0.15) is 40.5 Å². The highest BCUT2D eigenvalue weighted by Gasteiger charge is 2.34. The van der Waals surface area contributed by atoms with Crippen LogP contribution in [0.4, 0.5) is 0 Å². The van der Waals surface area contributed by atoms with Crippen LogP contribution in [0.5, 0.6) is 0 Å². The van der Waals surface area contributed by atoms with Crippen molar-refractivity contribution in [3.63, 3.8) is 0 Å². The van der Waals surface area contributed by atoms with Gasteiger partial charge in [-0.1, -0.05) is 0 Å². The lowest BCUT2D eigenvalue weighted by Gasteiger charge is -2.30. The van der Waals surface area contributed by atoms with Gasteiger partial charge in [0.05, 0.1) is 6.04 Å². The van der Waals surface area contributed by atoms with Crippen LogP contribution in [0.25, 0.3) is 0 Å². The van der Waals surface area contributed by atoms with Crippen LogP contribution in [0, 0.1) is 0 Å². The van der Waals surface area contributed by atoms with Gasteiger partial charge in [0.15, 0.2) is 0 Å². The van der Waals surface area contributed by atoms with Crippen LogP contribution >= 0.6 is 0 Å². The molecule has 70 valence electrons. The normalized spacial score (nSPS) is 31.4. The fourth-order valence-corrected chi connectivity index (χ4v) is 2.29. The van der Waals surface area contributed by atoms with E-state index in [0.29, 0.717) is 17.9 Å². The standard InChI is InChI=1S/C10H19NO/c1-7(2)11-8(3)5-6-10(11)9(4)12/h7-8,10H,5-6H2,1-4H3/t8-,10-/m0/s1. The second-order valence-electron chi connectivity index (χ2n) is 4.09. The average Bonchev–Trinajstić information content (AvgIpc) is 2.30. The van der Waals surface area contributed by atoms with E-state index >= 15 is 0 Å². The Kier molecular flexibility index (Phi) is 2.89. The van der Waals surface area contributed by atoms with Gasteiger partial charge in [-0.05, 0) is 40.5 Å². The number of hydrogen-bond acceptors (Lipinski definition) is 2. The summed E-state index contributed by atoms with van der Waals surface area (Å²) in [4.78, 5) is 13.6. The van der Waals surface area contributed by atoms with Crippen molar-refractivity contribution in [2.45, 2.75) is 58.7 Å². The summed E-state index contributed by atoms with van der Waals surface area (Å²) < 4.78 is 0. The molecular formula is C10H19NO. The van der Waals surface area contributed by atoms with Crippen molar-refractivity contribution in [3.05, 3.63) is 0 Å². The summed E-state index contributed by atoms with van der Waals surface area (Å²) in [6.07, 6.45) is 2.22. The smallest absolute Gasteiger partial charge is 0.146 e. The van der Waals surface area contributed by atoms with Crippen molar-refractivity contribution in [1.29, 1.82) is 0 Å². The number of carbonyl (C=O) groups excluding carboxylic acids is 1. The SMILES string of the molecule is CC(=O)[C@@H]1CC[C@H](C)N1C(C)C. The fraction of sp³-hybridized carbons (Fsp3) is 0.900. The summed E-state index contributed by atoms with van der Waals surface area (Å²) in [5.41, 5.74) is 0. The van der Waals surface area contributed by atoms with E-state index in [9.17, 15) is 4.79 Å². The molecule has 0 saturated carbocycles. The lowest BCUT2D eigenvalue weighted by atomic mass is 10.1. The molecule has 1 aliphatic rings. The van der Waals surface area contributed by atoms with E-state index in [1.54, 1.807) is 6.92 Å². The highest BCUT2D eigenvalue weighted by molar-refractivity contribution is 5.81. The predicted molar refractivity (Wildman–Crippen MR) is 50.1 cm³/mol. The van der Waals surface area contributed by atoms with E-state index in [4.69, 9.17) is 0 Å². The first kappa shape index (κ1) is 9.72. The van der Waals surface area contributed by atoms with E-state index in [2.05, 4.69) is 25.7 Å². The topological polar surface area (TPSA) is 20.3 Å². The highest BCUT2D eigenvalue weighted by Crippen LogP contribution is 2.26. The number of carbonyl (C=O) groups is 1. The van der Waals surface area contributed by atoms with E-state index in [1.165, 1.54) is 6.42 Å². The number of rotatable bonds is 2. The number of likely N-dealkylation sites (tertiary alicyclic amines) is 1. The van der Waals surface area contributed by atoms with Crippen LogP contribution < -0.4 is 0 Å². The Bertz CT molecular complexity index is 177. The average molecular weight is 169 g/mol. The maximum absolute atomic E-state index is 11.3. The summed E-state index contributed by atoms with van der Waals surface area (Å²) in [7, 11) is 0. The molecule has 0 spiro atoms. The van der Waals surface area contributed by atoms with Crippen molar-refractivity contribution >= 4 is 5.78 Å². The molecule has 0 unspecified atom stereocenters. The van der Waals surface area contributed by atoms with Gasteiger partial charge in [0.25, 0.3) is 0 Å². The molecule has 1 saturated heterocycles. The first-order valence-electron chi connectivity index (χ1n) is 4.82. The molecule has 2 nitrogen and oxygen atoms in total. The third kappa shape index (κ3) is 1.69. The summed E-state index contributed by atoms with van der Waals surface area (Å²) in [6, 6.07) is 1.27. The Balaban J connectivity index is 2.70. The first-order chi connectivity index (χ1) is 5.54. The zero-order chi connectivity index (χ0) is 9.30. The number of nitrogens with zero attached hydrogens (tertiary/aromatic N) is 1. The maximum atomic E-state index is 11.3. The van der Waals surface area contributed by atoms with E-state index in [1.807, 2.05) is 0 Å². The third-order valence-electron chi connectivity index (χ3n) is 2.79. The summed E-state index contributed by atoms with van der Waals surface area (Å²) in [5, 5.41) is 0. The van der Waals surface area contributed by atoms with Gasteiger partial charge < -0.3 is 0 Å². The summed E-state index contributed by atoms with van der Waals surface area (Å²) >= 11 is 0. The Morgan fingerprint density at radius 2 is 2.00 bits per heavy atom. The van der Waals surface area contributed by atoms with Crippen LogP contribution in [0.3, 0.4) is 0 Å². The molecule has 12 heavy (non-hydrogen) atoms. The van der Waals surface area contributed by atoms with E-state index < -0.39 is 0 Å². The van der Waals surface area contributed by atoms with Gasteiger partial charge in [0.1, 0.15) is 5.78 Å². The molecule has 0 radical (unpaired) electrons. The summed E-state index contributed by atoms with van der Waals surface area (Å²) in [5.74, 6) is 0.327. The van der Waals surface area contributed by atoms with Gasteiger partial charge in [-0.3, -0.25) is 9.69 Å². The monoisotopic (exact) mass is 169 g/mol. The van der Waals surface area contributed by atoms with E-state index in [0.717, 1.165) is 6.42 Å². The number of hydrogen-bond donors (Lipinski definition) is 0. The van der Waals surface area contributed by atoms with Gasteiger partial charge in [-0.2, -0.15) is 0 Å². The Hall–Kier alpha value is -0.370. The molecule has 0 amide bonds. The van der Waals surface area contributed by atoms with Gasteiger partial charge in [0.2, 0.25) is 0 Å². The minimum Gasteiger partial charge on any atom is -0.298 e. The molecular weight excluding hydrogens is 150 g/mol. The first-order valence-corrected chi connectivity index (χ1v) is 4.82. The Morgan fingerprint density at radius 1 is 1.42 bits per heavy atom. The highest BCUT2D eigenvalue weighted by atomic mass is 16.1. The second-order valence-corrected chi connectivity index (χ2v) is 4.09. The Labute approximate surface area is 74.9 Å². The fourth-order valence-electron chi connectivity index (χ4n) is 2.29. The Morgan fingerprint density at radius 3 is 2.33 bits per heavy atom. The zero-order valence-corrected chi connectivity index (χ0v) is 8.50. The van der Waals surface area contributed by atoms with Crippen molar-refractivity contribution in [1.82, 2.24) is 4.90 Å². The second kappa shape index (κ2) is 3.56. The zero-order valence-electron chi connectivity index (χ0n) is 8.50. The largest absolute Gasteiger partial charge is 0.298 e. The molecule has 1 rings (SSSR count). The van der Waals surface area contributed by atoms with Crippen LogP contribution in [-0.4, -0.2) is 28.8 Å². The molecule has 0 N–H and O–H groups in total. The third-order valence-corrected chi connectivity index (χ3v) is 2.79. The van der Waals surface area contributed by atoms with Crippen molar-refractivity contribution in [2.24, 2.45) is 0 Å². The predicted octanol–water partition coefficient (Wildman–Crippen LogP) is 1.84. The lowest BCUT2D eigenvalue weighted by molar-refractivity contribution is -0.122. The molecule has 0 aliphatic carbocycles. The van der Waals surface area contributed by atoms with Gasteiger partial charge in [0, 0.05) is 12.1 Å². The molecule has 1 aliphatic heterocycles. The molecule has 0 bridgehead atoms. The molecule has 0 aromatic heterocycles. The van der Waals surface area contributed by atoms with Gasteiger partial charge in [-0.25, -0.2) is 0 Å². The van der Waals surface area contributed by atoms with Gasteiger partial charge in [-0.15, -0.1) is 0 Å². The van der Waals surface area contributed by atoms with Gasteiger partial charge >= 0.3 is 0 Å².